The van der Waals surface area contributed by atoms with Crippen molar-refractivity contribution in [2.75, 3.05) is 7.05 Å². The van der Waals surface area contributed by atoms with Gasteiger partial charge in [0.25, 0.3) is 0 Å². The second kappa shape index (κ2) is 6.64. The minimum absolute atomic E-state index is 0.0742. The van der Waals surface area contributed by atoms with Crippen molar-refractivity contribution >= 4 is 34.8 Å². The summed E-state index contributed by atoms with van der Waals surface area (Å²) in [6.45, 7) is 0.574. The lowest BCUT2D eigenvalue weighted by atomic mass is 10.2. The van der Waals surface area contributed by atoms with Crippen molar-refractivity contribution in [1.82, 2.24) is 5.32 Å². The van der Waals surface area contributed by atoms with E-state index in [4.69, 9.17) is 39.5 Å². The molecule has 0 atom stereocenters. The van der Waals surface area contributed by atoms with Crippen molar-refractivity contribution in [3.05, 3.63) is 56.8 Å². The van der Waals surface area contributed by atoms with E-state index >= 15 is 0 Å². The summed E-state index contributed by atoms with van der Waals surface area (Å²) in [4.78, 5) is 0. The summed E-state index contributed by atoms with van der Waals surface area (Å²) in [6, 6.07) is 7.61. The SMILES string of the molecule is CNCc1ccc(Oc2cc(Cl)c(Cl)cc2Cl)c(F)c1. The van der Waals surface area contributed by atoms with E-state index in [9.17, 15) is 4.39 Å². The highest BCUT2D eigenvalue weighted by Crippen LogP contribution is 2.37. The second-order valence-electron chi connectivity index (χ2n) is 4.09. The van der Waals surface area contributed by atoms with Crippen LogP contribution in [0.4, 0.5) is 4.39 Å². The molecular formula is C14H11Cl3FNO. The van der Waals surface area contributed by atoms with Crippen LogP contribution < -0.4 is 10.1 Å². The van der Waals surface area contributed by atoms with Crippen LogP contribution in [0.1, 0.15) is 5.56 Å². The number of hydrogen-bond donors (Lipinski definition) is 1. The summed E-state index contributed by atoms with van der Waals surface area (Å²) in [5.74, 6) is -0.147. The molecule has 1 N–H and O–H groups in total. The van der Waals surface area contributed by atoms with Gasteiger partial charge in [0.15, 0.2) is 11.6 Å². The van der Waals surface area contributed by atoms with E-state index in [1.807, 2.05) is 0 Å². The van der Waals surface area contributed by atoms with Crippen molar-refractivity contribution in [3.8, 4) is 11.5 Å². The predicted octanol–water partition coefficient (Wildman–Crippen LogP) is 5.30. The molecule has 0 heterocycles. The summed E-state index contributed by atoms with van der Waals surface area (Å²) in [6.07, 6.45) is 0. The largest absolute Gasteiger partial charge is 0.453 e. The number of hydrogen-bond acceptors (Lipinski definition) is 2. The smallest absolute Gasteiger partial charge is 0.166 e. The third-order valence-corrected chi connectivity index (χ3v) is 3.59. The first-order chi connectivity index (χ1) is 9.51. The summed E-state index contributed by atoms with van der Waals surface area (Å²) in [5, 5.41) is 3.81. The Bertz CT molecular complexity index is 634. The molecule has 0 amide bonds. The van der Waals surface area contributed by atoms with Gasteiger partial charge in [0.05, 0.1) is 15.1 Å². The van der Waals surface area contributed by atoms with Gasteiger partial charge < -0.3 is 10.1 Å². The van der Waals surface area contributed by atoms with E-state index in [2.05, 4.69) is 5.32 Å². The van der Waals surface area contributed by atoms with Crippen LogP contribution in [0.2, 0.25) is 15.1 Å². The minimum atomic E-state index is -0.472. The Labute approximate surface area is 131 Å². The van der Waals surface area contributed by atoms with Crippen LogP contribution in [0.5, 0.6) is 11.5 Å². The molecule has 0 bridgehead atoms. The molecule has 20 heavy (non-hydrogen) atoms. The molecule has 0 aliphatic rings. The molecule has 2 rings (SSSR count). The molecule has 0 saturated heterocycles. The highest BCUT2D eigenvalue weighted by Gasteiger charge is 2.11. The van der Waals surface area contributed by atoms with Gasteiger partial charge in [0, 0.05) is 12.6 Å². The molecule has 0 unspecified atom stereocenters. The number of rotatable bonds is 4. The van der Waals surface area contributed by atoms with Crippen molar-refractivity contribution < 1.29 is 9.13 Å². The molecule has 2 aromatic rings. The van der Waals surface area contributed by atoms with Gasteiger partial charge in [-0.3, -0.25) is 0 Å². The van der Waals surface area contributed by atoms with E-state index in [1.165, 1.54) is 18.2 Å². The maximum atomic E-state index is 13.9. The summed E-state index contributed by atoms with van der Waals surface area (Å²) >= 11 is 17.7. The van der Waals surface area contributed by atoms with E-state index in [1.54, 1.807) is 19.2 Å². The highest BCUT2D eigenvalue weighted by atomic mass is 35.5. The van der Waals surface area contributed by atoms with E-state index < -0.39 is 5.82 Å². The van der Waals surface area contributed by atoms with Crippen molar-refractivity contribution in [1.29, 1.82) is 0 Å². The number of ether oxygens (including phenoxy) is 1. The lowest BCUT2D eigenvalue weighted by molar-refractivity contribution is 0.441. The quantitative estimate of drug-likeness (QED) is 0.766. The van der Waals surface area contributed by atoms with Gasteiger partial charge in [-0.1, -0.05) is 40.9 Å². The van der Waals surface area contributed by atoms with E-state index in [-0.39, 0.29) is 16.5 Å². The molecule has 0 saturated carbocycles. The van der Waals surface area contributed by atoms with Crippen molar-refractivity contribution in [2.24, 2.45) is 0 Å². The lowest BCUT2D eigenvalue weighted by Gasteiger charge is -2.10. The fraction of sp³-hybridized carbons (Fsp3) is 0.143. The lowest BCUT2D eigenvalue weighted by Crippen LogP contribution is -2.05. The van der Waals surface area contributed by atoms with E-state index in [0.29, 0.717) is 16.6 Å². The van der Waals surface area contributed by atoms with Gasteiger partial charge in [-0.05, 0) is 30.8 Å². The Kier molecular flexibility index (Phi) is 5.11. The second-order valence-corrected chi connectivity index (χ2v) is 5.32. The van der Waals surface area contributed by atoms with Crippen molar-refractivity contribution in [3.63, 3.8) is 0 Å². The van der Waals surface area contributed by atoms with Gasteiger partial charge >= 0.3 is 0 Å². The number of nitrogens with one attached hydrogen (secondary N) is 1. The van der Waals surface area contributed by atoms with Gasteiger partial charge in [-0.15, -0.1) is 0 Å². The maximum Gasteiger partial charge on any atom is 0.166 e. The van der Waals surface area contributed by atoms with Crippen LogP contribution in [0.25, 0.3) is 0 Å². The molecule has 106 valence electrons. The molecule has 0 fully saturated rings. The zero-order chi connectivity index (χ0) is 14.7. The average Bonchev–Trinajstić information content (AvgIpc) is 2.39. The highest BCUT2D eigenvalue weighted by molar-refractivity contribution is 6.43. The van der Waals surface area contributed by atoms with Crippen LogP contribution in [-0.4, -0.2) is 7.05 Å². The molecule has 0 aliphatic carbocycles. The van der Waals surface area contributed by atoms with Crippen LogP contribution in [0.3, 0.4) is 0 Å². The molecule has 2 nitrogen and oxygen atoms in total. The van der Waals surface area contributed by atoms with Crippen LogP contribution >= 0.6 is 34.8 Å². The molecular weight excluding hydrogens is 324 g/mol. The summed E-state index contributed by atoms with van der Waals surface area (Å²) in [5.41, 5.74) is 0.817. The Morgan fingerprint density at radius 1 is 1.00 bits per heavy atom. The van der Waals surface area contributed by atoms with Gasteiger partial charge in [-0.25, -0.2) is 4.39 Å². The van der Waals surface area contributed by atoms with E-state index in [0.717, 1.165) is 5.56 Å². The Balaban J connectivity index is 2.28. The Hall–Kier alpha value is -1.000. The first-order valence-corrected chi connectivity index (χ1v) is 6.90. The zero-order valence-corrected chi connectivity index (χ0v) is 12.8. The van der Waals surface area contributed by atoms with Crippen LogP contribution in [0, 0.1) is 5.82 Å². The molecule has 2 aromatic carbocycles. The molecule has 0 aliphatic heterocycles. The fourth-order valence-corrected chi connectivity index (χ4v) is 2.22. The first-order valence-electron chi connectivity index (χ1n) is 5.76. The van der Waals surface area contributed by atoms with Gasteiger partial charge in [0.1, 0.15) is 5.75 Å². The third-order valence-electron chi connectivity index (χ3n) is 2.57. The summed E-state index contributed by atoms with van der Waals surface area (Å²) < 4.78 is 19.4. The molecule has 0 radical (unpaired) electrons. The minimum Gasteiger partial charge on any atom is -0.453 e. The third kappa shape index (κ3) is 3.55. The monoisotopic (exact) mass is 333 g/mol. The standard InChI is InChI=1S/C14H11Cl3FNO/c1-19-7-8-2-3-13(12(18)4-8)20-14-6-10(16)9(15)5-11(14)17/h2-6,19H,7H2,1H3. The average molecular weight is 335 g/mol. The zero-order valence-electron chi connectivity index (χ0n) is 10.5. The summed E-state index contributed by atoms with van der Waals surface area (Å²) in [7, 11) is 1.79. The number of halogens is 4. The molecule has 0 spiro atoms. The molecule has 0 aromatic heterocycles. The number of benzene rings is 2. The van der Waals surface area contributed by atoms with Crippen molar-refractivity contribution in [2.45, 2.75) is 6.54 Å². The fourth-order valence-electron chi connectivity index (χ4n) is 1.64. The Morgan fingerprint density at radius 3 is 2.35 bits per heavy atom. The van der Waals surface area contributed by atoms with Gasteiger partial charge in [-0.2, -0.15) is 0 Å². The van der Waals surface area contributed by atoms with Crippen LogP contribution in [0.15, 0.2) is 30.3 Å². The van der Waals surface area contributed by atoms with Crippen LogP contribution in [-0.2, 0) is 6.54 Å². The maximum absolute atomic E-state index is 13.9. The first kappa shape index (κ1) is 15.4. The topological polar surface area (TPSA) is 21.3 Å². The Morgan fingerprint density at radius 2 is 1.70 bits per heavy atom. The van der Waals surface area contributed by atoms with Gasteiger partial charge in [0.2, 0.25) is 0 Å². The normalized spacial score (nSPS) is 10.7. The molecule has 6 heteroatoms. The predicted molar refractivity (Wildman–Crippen MR) is 80.7 cm³/mol.